The summed E-state index contributed by atoms with van der Waals surface area (Å²) < 4.78 is 0. The van der Waals surface area contributed by atoms with Gasteiger partial charge in [0.2, 0.25) is 5.91 Å². The molecule has 0 bridgehead atoms. The highest BCUT2D eigenvalue weighted by atomic mass is 16.2. The summed E-state index contributed by atoms with van der Waals surface area (Å²) in [5.74, 6) is -0.133. The predicted molar refractivity (Wildman–Crippen MR) is 103 cm³/mol. The fourth-order valence-electron chi connectivity index (χ4n) is 2.80. The molecular weight excluding hydrogens is 326 g/mol. The van der Waals surface area contributed by atoms with Crippen LogP contribution in [0.2, 0.25) is 0 Å². The van der Waals surface area contributed by atoms with Gasteiger partial charge in [-0.15, -0.1) is 0 Å². The van der Waals surface area contributed by atoms with Gasteiger partial charge in [-0.05, 0) is 49.4 Å². The summed E-state index contributed by atoms with van der Waals surface area (Å²) >= 11 is 0. The minimum Gasteiger partial charge on any atom is -0.348 e. The van der Waals surface area contributed by atoms with E-state index in [1.54, 1.807) is 18.5 Å². The number of hydrogen-bond donors (Lipinski definition) is 2. The largest absolute Gasteiger partial charge is 0.348 e. The molecule has 138 valence electrons. The van der Waals surface area contributed by atoms with Gasteiger partial charge in [-0.25, -0.2) is 0 Å². The third-order valence-electron chi connectivity index (χ3n) is 4.26. The van der Waals surface area contributed by atoms with E-state index in [2.05, 4.69) is 15.6 Å². The summed E-state index contributed by atoms with van der Waals surface area (Å²) in [6.45, 7) is 7.86. The maximum atomic E-state index is 12.8. The van der Waals surface area contributed by atoms with Crippen molar-refractivity contribution < 1.29 is 9.59 Å². The van der Waals surface area contributed by atoms with Crippen molar-refractivity contribution in [3.63, 3.8) is 0 Å². The lowest BCUT2D eigenvalue weighted by Gasteiger charge is -2.23. The molecule has 26 heavy (non-hydrogen) atoms. The molecule has 1 aromatic heterocycles. The second-order valence-corrected chi connectivity index (χ2v) is 6.99. The maximum absolute atomic E-state index is 12.8. The molecule has 1 heterocycles. The van der Waals surface area contributed by atoms with Crippen molar-refractivity contribution in [1.29, 1.82) is 0 Å². The Labute approximate surface area is 155 Å². The van der Waals surface area contributed by atoms with Crippen LogP contribution in [0.25, 0.3) is 0 Å². The van der Waals surface area contributed by atoms with E-state index in [1.807, 2.05) is 58.0 Å². The quantitative estimate of drug-likeness (QED) is 0.801. The van der Waals surface area contributed by atoms with Crippen LogP contribution in [-0.2, 0) is 4.79 Å². The van der Waals surface area contributed by atoms with Crippen LogP contribution in [0.5, 0.6) is 0 Å². The fourth-order valence-corrected chi connectivity index (χ4v) is 2.80. The zero-order valence-electron chi connectivity index (χ0n) is 15.8. The van der Waals surface area contributed by atoms with E-state index < -0.39 is 6.04 Å². The lowest BCUT2D eigenvalue weighted by molar-refractivity contribution is -0.124. The minimum atomic E-state index is -0.582. The summed E-state index contributed by atoms with van der Waals surface area (Å²) in [7, 11) is 0. The average Bonchev–Trinajstić information content (AvgIpc) is 2.61. The Morgan fingerprint density at radius 2 is 1.77 bits per heavy atom. The zero-order valence-corrected chi connectivity index (χ0v) is 15.8. The Bertz CT molecular complexity index is 744. The monoisotopic (exact) mass is 353 g/mol. The number of aromatic nitrogens is 1. The van der Waals surface area contributed by atoms with Crippen LogP contribution in [0, 0.1) is 12.8 Å². The average molecular weight is 353 g/mol. The highest BCUT2D eigenvalue weighted by molar-refractivity contribution is 5.98. The van der Waals surface area contributed by atoms with Gasteiger partial charge in [-0.3, -0.25) is 14.6 Å². The number of aryl methyl sites for hydroxylation is 1. The van der Waals surface area contributed by atoms with Crippen LogP contribution < -0.4 is 10.6 Å². The second-order valence-electron chi connectivity index (χ2n) is 6.99. The Balaban J connectivity index is 2.09. The Morgan fingerprint density at radius 1 is 1.04 bits per heavy atom. The molecule has 0 aliphatic rings. The second kappa shape index (κ2) is 9.13. The first-order valence-corrected chi connectivity index (χ1v) is 8.95. The van der Waals surface area contributed by atoms with Crippen molar-refractivity contribution in [2.75, 3.05) is 0 Å². The summed E-state index contributed by atoms with van der Waals surface area (Å²) in [4.78, 5) is 29.5. The molecule has 0 radical (unpaired) electrons. The van der Waals surface area contributed by atoms with Crippen molar-refractivity contribution in [1.82, 2.24) is 15.6 Å². The van der Waals surface area contributed by atoms with Gasteiger partial charge in [0, 0.05) is 18.0 Å². The number of rotatable bonds is 7. The number of nitrogens with zero attached hydrogens (tertiary/aromatic N) is 1. The number of nitrogens with one attached hydrogen (secondary N) is 2. The van der Waals surface area contributed by atoms with Gasteiger partial charge >= 0.3 is 0 Å². The standard InChI is InChI=1S/C21H27N3O2/c1-14(2)12-19(24-20(25)18-10-6-5-8-15(18)3)21(26)23-16(4)17-9-7-11-22-13-17/h5-11,13-14,16,19H,12H2,1-4H3,(H,23,26)(H,24,25). The van der Waals surface area contributed by atoms with Crippen LogP contribution in [0.1, 0.15) is 54.7 Å². The van der Waals surface area contributed by atoms with E-state index in [0.717, 1.165) is 11.1 Å². The zero-order chi connectivity index (χ0) is 19.1. The molecule has 2 rings (SSSR count). The summed E-state index contributed by atoms with van der Waals surface area (Å²) in [5.41, 5.74) is 2.40. The first-order chi connectivity index (χ1) is 12.4. The molecule has 5 nitrogen and oxygen atoms in total. The van der Waals surface area contributed by atoms with Gasteiger partial charge in [0.1, 0.15) is 6.04 Å². The Morgan fingerprint density at radius 3 is 2.38 bits per heavy atom. The molecule has 2 aromatic rings. The molecule has 5 heteroatoms. The van der Waals surface area contributed by atoms with E-state index in [-0.39, 0.29) is 23.8 Å². The van der Waals surface area contributed by atoms with Gasteiger partial charge in [0.05, 0.1) is 6.04 Å². The molecule has 2 N–H and O–H groups in total. The fraction of sp³-hybridized carbons (Fsp3) is 0.381. The lowest BCUT2D eigenvalue weighted by Crippen LogP contribution is -2.48. The third kappa shape index (κ3) is 5.41. The van der Waals surface area contributed by atoms with Crippen LogP contribution in [0.15, 0.2) is 48.8 Å². The van der Waals surface area contributed by atoms with E-state index >= 15 is 0 Å². The van der Waals surface area contributed by atoms with Crippen LogP contribution in [0.4, 0.5) is 0 Å². The number of hydrogen-bond acceptors (Lipinski definition) is 3. The van der Waals surface area contributed by atoms with Gasteiger partial charge in [-0.1, -0.05) is 38.1 Å². The molecule has 0 fully saturated rings. The smallest absolute Gasteiger partial charge is 0.252 e. The first kappa shape index (κ1) is 19.6. The van der Waals surface area contributed by atoms with Crippen molar-refractivity contribution in [2.24, 2.45) is 5.92 Å². The van der Waals surface area contributed by atoms with Gasteiger partial charge < -0.3 is 10.6 Å². The molecule has 2 atom stereocenters. The first-order valence-electron chi connectivity index (χ1n) is 8.95. The Hall–Kier alpha value is -2.69. The Kier molecular flexibility index (Phi) is 6.89. The molecule has 2 amide bonds. The normalized spacial score (nSPS) is 13.1. The van der Waals surface area contributed by atoms with Crippen molar-refractivity contribution in [3.8, 4) is 0 Å². The molecule has 2 unspecified atom stereocenters. The van der Waals surface area contributed by atoms with Gasteiger partial charge in [0.25, 0.3) is 5.91 Å². The van der Waals surface area contributed by atoms with Gasteiger partial charge in [-0.2, -0.15) is 0 Å². The predicted octanol–water partition coefficient (Wildman–Crippen LogP) is 3.41. The SMILES string of the molecule is Cc1ccccc1C(=O)NC(CC(C)C)C(=O)NC(C)c1cccnc1. The van der Waals surface area contributed by atoms with Crippen molar-refractivity contribution in [2.45, 2.75) is 46.2 Å². The van der Waals surface area contributed by atoms with Crippen LogP contribution >= 0.6 is 0 Å². The minimum absolute atomic E-state index is 0.179. The number of benzene rings is 1. The molecule has 0 spiro atoms. The van der Waals surface area contributed by atoms with E-state index in [0.29, 0.717) is 12.0 Å². The van der Waals surface area contributed by atoms with E-state index in [9.17, 15) is 9.59 Å². The van der Waals surface area contributed by atoms with Crippen molar-refractivity contribution in [3.05, 3.63) is 65.5 Å². The lowest BCUT2D eigenvalue weighted by atomic mass is 10.0. The summed E-state index contributed by atoms with van der Waals surface area (Å²) in [5, 5.41) is 5.87. The number of carbonyl (C=O) groups excluding carboxylic acids is 2. The van der Waals surface area contributed by atoms with Crippen LogP contribution in [-0.4, -0.2) is 22.8 Å². The maximum Gasteiger partial charge on any atom is 0.252 e. The number of pyridine rings is 1. The third-order valence-corrected chi connectivity index (χ3v) is 4.26. The molecule has 0 saturated heterocycles. The topological polar surface area (TPSA) is 71.1 Å². The highest BCUT2D eigenvalue weighted by Gasteiger charge is 2.24. The molecule has 1 aromatic carbocycles. The molecule has 0 saturated carbocycles. The van der Waals surface area contributed by atoms with Gasteiger partial charge in [0.15, 0.2) is 0 Å². The molecule has 0 aliphatic heterocycles. The number of amides is 2. The number of carbonyl (C=O) groups is 2. The molecule has 0 aliphatic carbocycles. The highest BCUT2D eigenvalue weighted by Crippen LogP contribution is 2.13. The summed E-state index contributed by atoms with van der Waals surface area (Å²) in [6, 6.07) is 10.4. The van der Waals surface area contributed by atoms with Crippen LogP contribution in [0.3, 0.4) is 0 Å². The summed E-state index contributed by atoms with van der Waals surface area (Å²) in [6.07, 6.45) is 4.00. The van der Waals surface area contributed by atoms with E-state index in [4.69, 9.17) is 0 Å². The molecular formula is C21H27N3O2. The van der Waals surface area contributed by atoms with E-state index in [1.165, 1.54) is 0 Å². The van der Waals surface area contributed by atoms with Crippen molar-refractivity contribution >= 4 is 11.8 Å².